The summed E-state index contributed by atoms with van der Waals surface area (Å²) in [6, 6.07) is 11.4. The Morgan fingerprint density at radius 2 is 2.07 bits per heavy atom. The predicted molar refractivity (Wildman–Crippen MR) is 108 cm³/mol. The van der Waals surface area contributed by atoms with Gasteiger partial charge in [-0.15, -0.1) is 11.8 Å². The fourth-order valence-electron chi connectivity index (χ4n) is 3.36. The van der Waals surface area contributed by atoms with Crippen molar-refractivity contribution < 1.29 is 9.32 Å². The molecule has 1 aliphatic heterocycles. The van der Waals surface area contributed by atoms with Crippen LogP contribution in [0.4, 0.5) is 10.5 Å². The molecule has 28 heavy (non-hydrogen) atoms. The molecular formula is C20H21N5O2S. The van der Waals surface area contributed by atoms with E-state index in [2.05, 4.69) is 27.4 Å². The molecule has 1 aliphatic rings. The monoisotopic (exact) mass is 395 g/mol. The Balaban J connectivity index is 1.44. The molecule has 0 bridgehead atoms. The second kappa shape index (κ2) is 8.02. The Hall–Kier alpha value is -2.87. The summed E-state index contributed by atoms with van der Waals surface area (Å²) in [7, 11) is 0. The number of likely N-dealkylation sites (tertiary alicyclic amines) is 1. The topological polar surface area (TPSA) is 84.2 Å². The molecule has 8 heteroatoms. The molecule has 1 saturated heterocycles. The van der Waals surface area contributed by atoms with Crippen LogP contribution in [0.2, 0.25) is 0 Å². The number of hydrogen-bond donors (Lipinski definition) is 1. The minimum Gasteiger partial charge on any atom is -0.339 e. The molecule has 4 rings (SSSR count). The third kappa shape index (κ3) is 3.87. The van der Waals surface area contributed by atoms with Crippen molar-refractivity contribution >= 4 is 23.5 Å². The van der Waals surface area contributed by atoms with E-state index in [-0.39, 0.29) is 17.9 Å². The maximum Gasteiger partial charge on any atom is 0.321 e. The third-order valence-electron chi connectivity index (χ3n) is 4.92. The van der Waals surface area contributed by atoms with Crippen molar-refractivity contribution in [1.29, 1.82) is 0 Å². The minimum atomic E-state index is -0.110. The van der Waals surface area contributed by atoms with Gasteiger partial charge in [-0.3, -0.25) is 4.98 Å². The van der Waals surface area contributed by atoms with E-state index in [1.54, 1.807) is 29.1 Å². The summed E-state index contributed by atoms with van der Waals surface area (Å²) in [6.45, 7) is 3.29. The van der Waals surface area contributed by atoms with E-state index in [9.17, 15) is 4.79 Å². The predicted octanol–water partition coefficient (Wildman–Crippen LogP) is 4.12. The van der Waals surface area contributed by atoms with E-state index < -0.39 is 0 Å². The zero-order valence-corrected chi connectivity index (χ0v) is 16.5. The molecule has 2 amide bonds. The summed E-state index contributed by atoms with van der Waals surface area (Å²) < 4.78 is 5.51. The van der Waals surface area contributed by atoms with E-state index >= 15 is 0 Å². The summed E-state index contributed by atoms with van der Waals surface area (Å²) in [4.78, 5) is 24.2. The SMILES string of the molecule is CSc1cccc(NC(=O)N2CC(C)C(c3nc(-c4ccncc4)no3)C2)c1. The summed E-state index contributed by atoms with van der Waals surface area (Å²) in [5.74, 6) is 1.36. The van der Waals surface area contributed by atoms with Gasteiger partial charge in [0.2, 0.25) is 11.7 Å². The molecule has 1 fully saturated rings. The van der Waals surface area contributed by atoms with E-state index in [0.717, 1.165) is 16.1 Å². The van der Waals surface area contributed by atoms with Crippen molar-refractivity contribution in [2.75, 3.05) is 24.7 Å². The highest BCUT2D eigenvalue weighted by Gasteiger charge is 2.37. The fraction of sp³-hybridized carbons (Fsp3) is 0.300. The van der Waals surface area contributed by atoms with Crippen molar-refractivity contribution in [1.82, 2.24) is 20.0 Å². The van der Waals surface area contributed by atoms with Crippen molar-refractivity contribution in [3.63, 3.8) is 0 Å². The largest absolute Gasteiger partial charge is 0.339 e. The molecule has 0 saturated carbocycles. The zero-order chi connectivity index (χ0) is 19.5. The van der Waals surface area contributed by atoms with Gasteiger partial charge < -0.3 is 14.7 Å². The number of carbonyl (C=O) groups is 1. The number of urea groups is 1. The number of pyridine rings is 1. The van der Waals surface area contributed by atoms with Crippen LogP contribution in [0.3, 0.4) is 0 Å². The van der Waals surface area contributed by atoms with E-state index in [1.165, 1.54) is 0 Å². The summed E-state index contributed by atoms with van der Waals surface area (Å²) in [5.41, 5.74) is 1.66. The van der Waals surface area contributed by atoms with Gasteiger partial charge in [0, 0.05) is 41.6 Å². The molecule has 3 heterocycles. The summed E-state index contributed by atoms with van der Waals surface area (Å²) in [5, 5.41) is 7.07. The number of nitrogens with zero attached hydrogens (tertiary/aromatic N) is 4. The average molecular weight is 395 g/mol. The van der Waals surface area contributed by atoms with Crippen molar-refractivity contribution in [3.8, 4) is 11.4 Å². The molecule has 1 aromatic carbocycles. The number of amides is 2. The van der Waals surface area contributed by atoms with Gasteiger partial charge in [-0.2, -0.15) is 4.98 Å². The fourth-order valence-corrected chi connectivity index (χ4v) is 3.82. The molecule has 1 N–H and O–H groups in total. The van der Waals surface area contributed by atoms with Crippen LogP contribution in [-0.2, 0) is 0 Å². The third-order valence-corrected chi connectivity index (χ3v) is 5.64. The lowest BCUT2D eigenvalue weighted by Gasteiger charge is -2.17. The van der Waals surface area contributed by atoms with Gasteiger partial charge in [-0.1, -0.05) is 18.1 Å². The van der Waals surface area contributed by atoms with Gasteiger partial charge in [-0.25, -0.2) is 4.79 Å². The quantitative estimate of drug-likeness (QED) is 0.669. The van der Waals surface area contributed by atoms with Crippen LogP contribution in [0.5, 0.6) is 0 Å². The van der Waals surface area contributed by atoms with Gasteiger partial charge in [-0.05, 0) is 42.5 Å². The number of benzene rings is 1. The number of nitrogens with one attached hydrogen (secondary N) is 1. The number of hydrogen-bond acceptors (Lipinski definition) is 6. The van der Waals surface area contributed by atoms with Gasteiger partial charge in [0.25, 0.3) is 0 Å². The van der Waals surface area contributed by atoms with Gasteiger partial charge >= 0.3 is 6.03 Å². The average Bonchev–Trinajstić information content (AvgIpc) is 3.35. The first-order chi connectivity index (χ1) is 13.6. The van der Waals surface area contributed by atoms with Crippen LogP contribution >= 0.6 is 11.8 Å². The van der Waals surface area contributed by atoms with Crippen LogP contribution in [0.1, 0.15) is 18.7 Å². The van der Waals surface area contributed by atoms with Crippen LogP contribution in [0, 0.1) is 5.92 Å². The number of thioether (sulfide) groups is 1. The molecule has 2 aromatic heterocycles. The normalized spacial score (nSPS) is 19.0. The highest BCUT2D eigenvalue weighted by atomic mass is 32.2. The standard InChI is InChI=1S/C20H21N5O2S/c1-13-11-25(20(26)22-15-4-3-5-16(10-15)28-2)12-17(13)19-23-18(24-27-19)14-6-8-21-9-7-14/h3-10,13,17H,11-12H2,1-2H3,(H,22,26). The molecule has 0 radical (unpaired) electrons. The smallest absolute Gasteiger partial charge is 0.321 e. The van der Waals surface area contributed by atoms with Crippen LogP contribution in [0.25, 0.3) is 11.4 Å². The number of rotatable bonds is 4. The molecule has 2 atom stereocenters. The lowest BCUT2D eigenvalue weighted by atomic mass is 9.98. The first-order valence-corrected chi connectivity index (χ1v) is 10.3. The highest BCUT2D eigenvalue weighted by Crippen LogP contribution is 2.33. The Bertz CT molecular complexity index is 962. The Labute approximate surface area is 167 Å². The van der Waals surface area contributed by atoms with Crippen molar-refractivity contribution in [2.45, 2.75) is 17.7 Å². The van der Waals surface area contributed by atoms with Crippen LogP contribution in [-0.4, -0.2) is 45.4 Å². The second-order valence-corrected chi connectivity index (χ2v) is 7.72. The summed E-state index contributed by atoms with van der Waals surface area (Å²) >= 11 is 1.64. The highest BCUT2D eigenvalue weighted by molar-refractivity contribution is 7.98. The number of aromatic nitrogens is 3. The van der Waals surface area contributed by atoms with Gasteiger partial charge in [0.05, 0.1) is 5.92 Å². The van der Waals surface area contributed by atoms with Crippen LogP contribution in [0.15, 0.2) is 58.2 Å². The molecule has 0 aliphatic carbocycles. The van der Waals surface area contributed by atoms with Crippen LogP contribution < -0.4 is 5.32 Å². The Morgan fingerprint density at radius 3 is 2.86 bits per heavy atom. The first kappa shape index (κ1) is 18.5. The minimum absolute atomic E-state index is 0.0198. The Morgan fingerprint density at radius 1 is 1.25 bits per heavy atom. The molecule has 0 spiro atoms. The molecule has 144 valence electrons. The first-order valence-electron chi connectivity index (χ1n) is 9.08. The van der Waals surface area contributed by atoms with E-state index in [0.29, 0.717) is 24.8 Å². The molecule has 3 aromatic rings. The Kier molecular flexibility index (Phi) is 5.29. The number of carbonyl (C=O) groups excluding carboxylic acids is 1. The summed E-state index contributed by atoms with van der Waals surface area (Å²) in [6.07, 6.45) is 5.40. The number of anilines is 1. The van der Waals surface area contributed by atoms with Crippen molar-refractivity contribution in [3.05, 3.63) is 54.7 Å². The lowest BCUT2D eigenvalue weighted by molar-refractivity contribution is 0.220. The lowest BCUT2D eigenvalue weighted by Crippen LogP contribution is -2.33. The molecule has 7 nitrogen and oxygen atoms in total. The van der Waals surface area contributed by atoms with E-state index in [1.807, 2.05) is 42.7 Å². The van der Waals surface area contributed by atoms with E-state index in [4.69, 9.17) is 4.52 Å². The maximum atomic E-state index is 12.7. The maximum absolute atomic E-state index is 12.7. The second-order valence-electron chi connectivity index (χ2n) is 6.84. The molecular weight excluding hydrogens is 374 g/mol. The zero-order valence-electron chi connectivity index (χ0n) is 15.7. The van der Waals surface area contributed by atoms with Crippen molar-refractivity contribution in [2.24, 2.45) is 5.92 Å². The molecule has 2 unspecified atom stereocenters. The van der Waals surface area contributed by atoms with Gasteiger partial charge in [0.15, 0.2) is 0 Å². The van der Waals surface area contributed by atoms with Gasteiger partial charge in [0.1, 0.15) is 0 Å².